The smallest absolute Gasteiger partial charge is 0.267 e. The minimum atomic E-state index is -0.634. The zero-order chi connectivity index (χ0) is 14.6. The molecule has 0 fully saturated rings. The van der Waals surface area contributed by atoms with Crippen molar-refractivity contribution in [3.63, 3.8) is 0 Å². The third-order valence-corrected chi connectivity index (χ3v) is 3.40. The lowest BCUT2D eigenvalue weighted by Gasteiger charge is -2.22. The van der Waals surface area contributed by atoms with E-state index >= 15 is 0 Å². The highest BCUT2D eigenvalue weighted by atomic mass is 79.9. The molecule has 0 saturated carbocycles. The number of aryl methyl sites for hydroxylation is 1. The molecule has 0 atom stereocenters. The van der Waals surface area contributed by atoms with Crippen LogP contribution in [0, 0.1) is 5.41 Å². The van der Waals surface area contributed by atoms with Crippen LogP contribution < -0.4 is 10.6 Å². The van der Waals surface area contributed by atoms with Crippen LogP contribution in [0.2, 0.25) is 0 Å². The monoisotopic (exact) mass is 329 g/mol. The second kappa shape index (κ2) is 6.23. The van der Waals surface area contributed by atoms with Gasteiger partial charge in [0.05, 0.1) is 5.41 Å². The van der Waals surface area contributed by atoms with E-state index in [1.54, 1.807) is 27.0 Å². The molecule has 0 saturated heterocycles. The molecule has 5 nitrogen and oxygen atoms in total. The molecule has 1 rings (SSSR count). The first-order valence-electron chi connectivity index (χ1n) is 6.18. The number of rotatable bonds is 5. The molecule has 6 heteroatoms. The van der Waals surface area contributed by atoms with Crippen molar-refractivity contribution in [2.75, 3.05) is 13.6 Å². The van der Waals surface area contributed by atoms with Gasteiger partial charge in [0.1, 0.15) is 5.69 Å². The number of carbonyl (C=O) groups is 2. The molecule has 2 N–H and O–H groups in total. The number of nitrogens with zero attached hydrogens (tertiary/aromatic N) is 1. The Morgan fingerprint density at radius 2 is 2.05 bits per heavy atom. The van der Waals surface area contributed by atoms with Crippen LogP contribution in [0.4, 0.5) is 0 Å². The van der Waals surface area contributed by atoms with E-state index in [4.69, 9.17) is 0 Å². The minimum Gasteiger partial charge on any atom is -0.359 e. The summed E-state index contributed by atoms with van der Waals surface area (Å²) in [6, 6.07) is 1.77. The normalized spacial score (nSPS) is 11.2. The van der Waals surface area contributed by atoms with Crippen LogP contribution in [-0.4, -0.2) is 30.0 Å². The van der Waals surface area contributed by atoms with Gasteiger partial charge in [0.2, 0.25) is 5.91 Å². The Morgan fingerprint density at radius 3 is 2.58 bits per heavy atom. The zero-order valence-electron chi connectivity index (χ0n) is 11.7. The fourth-order valence-electron chi connectivity index (χ4n) is 1.74. The molecule has 106 valence electrons. The molecule has 2 amide bonds. The van der Waals surface area contributed by atoms with E-state index in [1.807, 2.05) is 17.7 Å². The lowest BCUT2D eigenvalue weighted by Crippen LogP contribution is -2.44. The van der Waals surface area contributed by atoms with E-state index in [2.05, 4.69) is 26.6 Å². The van der Waals surface area contributed by atoms with Gasteiger partial charge in [-0.25, -0.2) is 0 Å². The van der Waals surface area contributed by atoms with E-state index in [9.17, 15) is 9.59 Å². The number of halogens is 1. The zero-order valence-corrected chi connectivity index (χ0v) is 13.3. The lowest BCUT2D eigenvalue weighted by molar-refractivity contribution is -0.128. The lowest BCUT2D eigenvalue weighted by atomic mass is 9.92. The van der Waals surface area contributed by atoms with Gasteiger partial charge in [-0.05, 0) is 42.8 Å². The largest absolute Gasteiger partial charge is 0.359 e. The summed E-state index contributed by atoms with van der Waals surface area (Å²) in [6.45, 7) is 6.56. The fourth-order valence-corrected chi connectivity index (χ4v) is 2.20. The van der Waals surface area contributed by atoms with Crippen LogP contribution in [0.25, 0.3) is 0 Å². The van der Waals surface area contributed by atoms with Crippen molar-refractivity contribution in [3.05, 3.63) is 22.4 Å². The van der Waals surface area contributed by atoms with Crippen molar-refractivity contribution in [1.29, 1.82) is 0 Å². The maximum Gasteiger partial charge on any atom is 0.267 e. The molecule has 0 aromatic carbocycles. The molecule has 19 heavy (non-hydrogen) atoms. The van der Waals surface area contributed by atoms with Crippen LogP contribution in [0.1, 0.15) is 31.3 Å². The third-order valence-electron chi connectivity index (χ3n) is 2.97. The molecular formula is C13H20BrN3O2. The number of nitrogens with one attached hydrogen (secondary N) is 2. The summed E-state index contributed by atoms with van der Waals surface area (Å²) in [5, 5.41) is 5.39. The summed E-state index contributed by atoms with van der Waals surface area (Å²) < 4.78 is 2.72. The van der Waals surface area contributed by atoms with E-state index in [0.29, 0.717) is 12.2 Å². The molecule has 1 aromatic rings. The fraction of sp³-hybridized carbons (Fsp3) is 0.538. The van der Waals surface area contributed by atoms with E-state index in [-0.39, 0.29) is 18.4 Å². The number of hydrogen-bond acceptors (Lipinski definition) is 2. The molecule has 1 heterocycles. The predicted octanol–water partition coefficient (Wildman–Crippen LogP) is 1.77. The molecule has 0 aliphatic heterocycles. The first-order chi connectivity index (χ1) is 8.81. The molecule has 0 aliphatic rings. The van der Waals surface area contributed by atoms with Crippen LogP contribution >= 0.6 is 15.9 Å². The number of carbonyl (C=O) groups excluding carboxylic acids is 2. The van der Waals surface area contributed by atoms with Gasteiger partial charge >= 0.3 is 0 Å². The van der Waals surface area contributed by atoms with Crippen molar-refractivity contribution >= 4 is 27.7 Å². The Bertz CT molecular complexity index is 480. The summed E-state index contributed by atoms with van der Waals surface area (Å²) in [5.74, 6) is -0.274. The first-order valence-corrected chi connectivity index (χ1v) is 6.97. The van der Waals surface area contributed by atoms with E-state index < -0.39 is 5.41 Å². The molecule has 1 aromatic heterocycles. The number of aromatic nitrogens is 1. The highest BCUT2D eigenvalue weighted by Gasteiger charge is 2.27. The third kappa shape index (κ3) is 3.83. The second-order valence-corrected chi connectivity index (χ2v) is 5.89. The summed E-state index contributed by atoms with van der Waals surface area (Å²) >= 11 is 3.35. The van der Waals surface area contributed by atoms with E-state index in [1.165, 1.54) is 0 Å². The number of amides is 2. The molecule has 0 radical (unpaired) electrons. The van der Waals surface area contributed by atoms with E-state index in [0.717, 1.165) is 4.47 Å². The van der Waals surface area contributed by atoms with Gasteiger partial charge in [-0.3, -0.25) is 9.59 Å². The van der Waals surface area contributed by atoms with Gasteiger partial charge in [0.25, 0.3) is 5.91 Å². The van der Waals surface area contributed by atoms with Gasteiger partial charge in [0.15, 0.2) is 0 Å². The Balaban J connectivity index is 2.73. The minimum absolute atomic E-state index is 0.0974. The van der Waals surface area contributed by atoms with Crippen molar-refractivity contribution in [3.8, 4) is 0 Å². The summed E-state index contributed by atoms with van der Waals surface area (Å²) in [4.78, 5) is 23.7. The van der Waals surface area contributed by atoms with Crippen LogP contribution in [0.3, 0.4) is 0 Å². The molecule has 0 spiro atoms. The van der Waals surface area contributed by atoms with Gasteiger partial charge in [-0.2, -0.15) is 0 Å². The maximum absolute atomic E-state index is 12.1. The quantitative estimate of drug-likeness (QED) is 0.864. The average molecular weight is 330 g/mol. The van der Waals surface area contributed by atoms with Crippen LogP contribution in [-0.2, 0) is 11.3 Å². The van der Waals surface area contributed by atoms with Crippen LogP contribution in [0.5, 0.6) is 0 Å². The Kier molecular flexibility index (Phi) is 5.17. The second-order valence-electron chi connectivity index (χ2n) is 4.98. The Hall–Kier alpha value is -1.30. The average Bonchev–Trinajstić information content (AvgIpc) is 2.76. The number of hydrogen-bond donors (Lipinski definition) is 2. The van der Waals surface area contributed by atoms with Crippen molar-refractivity contribution in [2.24, 2.45) is 5.41 Å². The van der Waals surface area contributed by atoms with Gasteiger partial charge in [0, 0.05) is 30.8 Å². The molecule has 0 aliphatic carbocycles. The maximum atomic E-state index is 12.1. The van der Waals surface area contributed by atoms with Crippen molar-refractivity contribution < 1.29 is 9.59 Å². The van der Waals surface area contributed by atoms with Gasteiger partial charge < -0.3 is 15.2 Å². The summed E-state index contributed by atoms with van der Waals surface area (Å²) in [7, 11) is 1.59. The Morgan fingerprint density at radius 1 is 1.42 bits per heavy atom. The Labute approximate surface area is 121 Å². The van der Waals surface area contributed by atoms with Gasteiger partial charge in [-0.1, -0.05) is 0 Å². The standard InChI is InChI=1S/C13H20BrN3O2/c1-5-17-7-9(14)6-10(17)11(18)16-8-13(2,3)12(19)15-4/h6-7H,5,8H2,1-4H3,(H,15,19)(H,16,18). The molecule has 0 unspecified atom stereocenters. The predicted molar refractivity (Wildman–Crippen MR) is 78.0 cm³/mol. The SMILES string of the molecule is CCn1cc(Br)cc1C(=O)NCC(C)(C)C(=O)NC. The summed E-state index contributed by atoms with van der Waals surface area (Å²) in [6.07, 6.45) is 1.86. The molecular weight excluding hydrogens is 310 g/mol. The molecule has 0 bridgehead atoms. The highest BCUT2D eigenvalue weighted by Crippen LogP contribution is 2.16. The van der Waals surface area contributed by atoms with Crippen molar-refractivity contribution in [2.45, 2.75) is 27.3 Å². The van der Waals surface area contributed by atoms with Crippen molar-refractivity contribution in [1.82, 2.24) is 15.2 Å². The highest BCUT2D eigenvalue weighted by molar-refractivity contribution is 9.10. The van der Waals surface area contributed by atoms with Gasteiger partial charge in [-0.15, -0.1) is 0 Å². The van der Waals surface area contributed by atoms with Crippen LogP contribution in [0.15, 0.2) is 16.7 Å². The topological polar surface area (TPSA) is 63.1 Å². The first kappa shape index (κ1) is 15.8. The summed E-state index contributed by atoms with van der Waals surface area (Å²) in [5.41, 5.74) is -0.0484.